The molecule has 1 N–H and O–H groups in total. The molecule has 0 aromatic heterocycles. The van der Waals surface area contributed by atoms with Gasteiger partial charge in [-0.25, -0.2) is 0 Å². The first-order valence-electron chi connectivity index (χ1n) is 7.87. The molecule has 0 radical (unpaired) electrons. The van der Waals surface area contributed by atoms with Gasteiger partial charge < -0.3 is 15.0 Å². The monoisotopic (exact) mass is 272 g/mol. The molecule has 2 aliphatic carbocycles. The Kier molecular flexibility index (Phi) is 2.75. The number of para-hydroxylation sites is 2. The Morgan fingerprint density at radius 1 is 1.25 bits per heavy atom. The largest absolute Gasteiger partial charge is 0.380 e. The maximum atomic E-state index is 6.00. The SMILES string of the molecule is CN(C)c1ccccc1N[C@@H]1[C@@H]2CCO[C@@H]2C12CCC2. The fourth-order valence-electron chi connectivity index (χ4n) is 4.61. The molecule has 3 nitrogen and oxygen atoms in total. The van der Waals surface area contributed by atoms with E-state index in [1.165, 1.54) is 37.1 Å². The first kappa shape index (κ1) is 12.5. The highest BCUT2D eigenvalue weighted by Gasteiger charge is 2.66. The van der Waals surface area contributed by atoms with Crippen molar-refractivity contribution < 1.29 is 4.74 Å². The van der Waals surface area contributed by atoms with E-state index in [0.717, 1.165) is 12.5 Å². The van der Waals surface area contributed by atoms with Crippen molar-refractivity contribution in [1.82, 2.24) is 0 Å². The van der Waals surface area contributed by atoms with Gasteiger partial charge in [0.05, 0.1) is 17.5 Å². The Balaban J connectivity index is 1.60. The molecule has 20 heavy (non-hydrogen) atoms. The molecule has 1 aromatic carbocycles. The molecule has 0 bridgehead atoms. The summed E-state index contributed by atoms with van der Waals surface area (Å²) in [6, 6.07) is 9.26. The third kappa shape index (κ3) is 1.56. The third-order valence-corrected chi connectivity index (χ3v) is 5.73. The molecule has 2 saturated carbocycles. The molecular formula is C17H24N2O. The zero-order valence-corrected chi connectivity index (χ0v) is 12.4. The summed E-state index contributed by atoms with van der Waals surface area (Å²) in [4.78, 5) is 2.19. The summed E-state index contributed by atoms with van der Waals surface area (Å²) in [6.07, 6.45) is 5.83. The van der Waals surface area contributed by atoms with Gasteiger partial charge in [0.2, 0.25) is 0 Å². The Morgan fingerprint density at radius 2 is 2.05 bits per heavy atom. The standard InChI is InChI=1S/C17H24N2O/c1-19(2)14-7-4-3-6-13(14)18-15-12-8-11-20-16(12)17(15)9-5-10-17/h3-4,6-7,12,15-16,18H,5,8-11H2,1-2H3/t12-,15+,16-/m0/s1. The van der Waals surface area contributed by atoms with E-state index in [9.17, 15) is 0 Å². The van der Waals surface area contributed by atoms with E-state index in [-0.39, 0.29) is 0 Å². The Bertz CT molecular complexity index is 509. The number of hydrogen-bond acceptors (Lipinski definition) is 3. The number of anilines is 2. The van der Waals surface area contributed by atoms with Crippen molar-refractivity contribution in [3.05, 3.63) is 24.3 Å². The summed E-state index contributed by atoms with van der Waals surface area (Å²) >= 11 is 0. The van der Waals surface area contributed by atoms with Crippen LogP contribution in [-0.4, -0.2) is 32.8 Å². The van der Waals surface area contributed by atoms with Gasteiger partial charge in [-0.3, -0.25) is 0 Å². The normalized spacial score (nSPS) is 33.2. The van der Waals surface area contributed by atoms with Crippen molar-refractivity contribution in [2.75, 3.05) is 30.9 Å². The lowest BCUT2D eigenvalue weighted by Crippen LogP contribution is -2.68. The molecular weight excluding hydrogens is 248 g/mol. The van der Waals surface area contributed by atoms with Crippen molar-refractivity contribution in [3.63, 3.8) is 0 Å². The van der Waals surface area contributed by atoms with Crippen LogP contribution in [0.4, 0.5) is 11.4 Å². The van der Waals surface area contributed by atoms with E-state index < -0.39 is 0 Å². The molecule has 3 atom stereocenters. The number of nitrogens with zero attached hydrogens (tertiary/aromatic N) is 1. The van der Waals surface area contributed by atoms with Crippen LogP contribution in [0.5, 0.6) is 0 Å². The summed E-state index contributed by atoms with van der Waals surface area (Å²) in [6.45, 7) is 0.963. The van der Waals surface area contributed by atoms with Crippen molar-refractivity contribution in [1.29, 1.82) is 0 Å². The highest BCUT2D eigenvalue weighted by atomic mass is 16.5. The summed E-state index contributed by atoms with van der Waals surface area (Å²) in [7, 11) is 4.23. The number of ether oxygens (including phenoxy) is 1. The predicted octanol–water partition coefficient (Wildman–Crippen LogP) is 3.12. The van der Waals surface area contributed by atoms with Gasteiger partial charge in [0.15, 0.2) is 0 Å². The maximum Gasteiger partial charge on any atom is 0.0699 e. The van der Waals surface area contributed by atoms with Crippen molar-refractivity contribution >= 4 is 11.4 Å². The molecule has 1 aliphatic heterocycles. The zero-order valence-electron chi connectivity index (χ0n) is 12.4. The number of benzene rings is 1. The highest BCUT2D eigenvalue weighted by Crippen LogP contribution is 2.63. The lowest BCUT2D eigenvalue weighted by atomic mass is 9.46. The molecule has 1 aromatic rings. The van der Waals surface area contributed by atoms with Gasteiger partial charge >= 0.3 is 0 Å². The second-order valence-corrected chi connectivity index (χ2v) is 6.86. The van der Waals surface area contributed by atoms with Crippen molar-refractivity contribution in [3.8, 4) is 0 Å². The van der Waals surface area contributed by atoms with Gasteiger partial charge in [-0.05, 0) is 31.4 Å². The first-order chi connectivity index (χ1) is 9.72. The van der Waals surface area contributed by atoms with Crippen molar-refractivity contribution in [2.45, 2.75) is 37.8 Å². The van der Waals surface area contributed by atoms with Gasteiger partial charge in [-0.1, -0.05) is 18.6 Å². The lowest BCUT2D eigenvalue weighted by molar-refractivity contribution is -0.158. The zero-order chi connectivity index (χ0) is 13.7. The summed E-state index contributed by atoms with van der Waals surface area (Å²) in [5.74, 6) is 0.727. The van der Waals surface area contributed by atoms with Crippen LogP contribution in [0, 0.1) is 11.3 Å². The second kappa shape index (κ2) is 4.39. The minimum absolute atomic E-state index is 0.445. The van der Waals surface area contributed by atoms with Crippen LogP contribution < -0.4 is 10.2 Å². The fourth-order valence-corrected chi connectivity index (χ4v) is 4.61. The maximum absolute atomic E-state index is 6.00. The van der Waals surface area contributed by atoms with Gasteiger partial charge in [0, 0.05) is 38.1 Å². The fraction of sp³-hybridized carbons (Fsp3) is 0.647. The topological polar surface area (TPSA) is 24.5 Å². The molecule has 0 unspecified atom stereocenters. The van der Waals surface area contributed by atoms with Crippen LogP contribution in [0.2, 0.25) is 0 Å². The van der Waals surface area contributed by atoms with Crippen molar-refractivity contribution in [2.24, 2.45) is 11.3 Å². The Hall–Kier alpha value is -1.22. The predicted molar refractivity (Wildman–Crippen MR) is 82.3 cm³/mol. The first-order valence-corrected chi connectivity index (χ1v) is 7.87. The van der Waals surface area contributed by atoms with E-state index in [4.69, 9.17) is 4.74 Å². The van der Waals surface area contributed by atoms with Crippen LogP contribution in [0.1, 0.15) is 25.7 Å². The van der Waals surface area contributed by atoms with Gasteiger partial charge in [-0.15, -0.1) is 0 Å². The molecule has 4 rings (SSSR count). The molecule has 1 heterocycles. The molecule has 3 heteroatoms. The minimum Gasteiger partial charge on any atom is -0.380 e. The van der Waals surface area contributed by atoms with Crippen LogP contribution in [0.25, 0.3) is 0 Å². The highest BCUT2D eigenvalue weighted by molar-refractivity contribution is 5.70. The third-order valence-electron chi connectivity index (χ3n) is 5.73. The van der Waals surface area contributed by atoms with Crippen LogP contribution in [0.15, 0.2) is 24.3 Å². The number of fused-ring (bicyclic) bond motifs is 2. The number of hydrogen-bond donors (Lipinski definition) is 1. The van der Waals surface area contributed by atoms with E-state index in [1.54, 1.807) is 0 Å². The average molecular weight is 272 g/mol. The van der Waals surface area contributed by atoms with Gasteiger partial charge in [0.1, 0.15) is 0 Å². The van der Waals surface area contributed by atoms with E-state index in [1.807, 2.05) is 0 Å². The average Bonchev–Trinajstić information content (AvgIpc) is 2.80. The smallest absolute Gasteiger partial charge is 0.0699 e. The van der Waals surface area contributed by atoms with Crippen LogP contribution >= 0.6 is 0 Å². The van der Waals surface area contributed by atoms with E-state index in [2.05, 4.69) is 48.6 Å². The Labute approximate surface area is 121 Å². The summed E-state index contributed by atoms with van der Waals surface area (Å²) in [5.41, 5.74) is 3.00. The molecule has 3 fully saturated rings. The van der Waals surface area contributed by atoms with E-state index >= 15 is 0 Å². The molecule has 1 spiro atoms. The number of rotatable bonds is 3. The van der Waals surface area contributed by atoms with E-state index in [0.29, 0.717) is 17.6 Å². The van der Waals surface area contributed by atoms with Crippen LogP contribution in [0.3, 0.4) is 0 Å². The lowest BCUT2D eigenvalue weighted by Gasteiger charge is -2.63. The Morgan fingerprint density at radius 3 is 2.75 bits per heavy atom. The minimum atomic E-state index is 0.445. The molecule has 0 amide bonds. The quantitative estimate of drug-likeness (QED) is 0.915. The molecule has 1 saturated heterocycles. The van der Waals surface area contributed by atoms with Gasteiger partial charge in [-0.2, -0.15) is 0 Å². The van der Waals surface area contributed by atoms with Crippen LogP contribution in [-0.2, 0) is 4.74 Å². The summed E-state index contributed by atoms with van der Waals surface area (Å²) in [5, 5.41) is 3.87. The summed E-state index contributed by atoms with van der Waals surface area (Å²) < 4.78 is 6.00. The molecule has 108 valence electrons. The van der Waals surface area contributed by atoms with Gasteiger partial charge in [0.25, 0.3) is 0 Å². The molecule has 3 aliphatic rings. The second-order valence-electron chi connectivity index (χ2n) is 6.86. The number of nitrogens with one attached hydrogen (secondary N) is 1.